The Hall–Kier alpha value is -1.95. The van der Waals surface area contributed by atoms with Crippen LogP contribution in [0.5, 0.6) is 0 Å². The number of piperidine rings is 1. The van der Waals surface area contributed by atoms with E-state index in [0.29, 0.717) is 17.8 Å². The molecule has 106 valence electrons. The van der Waals surface area contributed by atoms with Gasteiger partial charge in [0.05, 0.1) is 11.7 Å². The number of hydrogen-bond acceptors (Lipinski definition) is 6. The van der Waals surface area contributed by atoms with E-state index in [4.69, 9.17) is 9.26 Å². The molecular formula is C14H18N4O2. The van der Waals surface area contributed by atoms with Crippen LogP contribution in [0.1, 0.15) is 18.7 Å². The minimum absolute atomic E-state index is 0.295. The van der Waals surface area contributed by atoms with Gasteiger partial charge in [-0.3, -0.25) is 0 Å². The van der Waals surface area contributed by atoms with Crippen LogP contribution >= 0.6 is 0 Å². The summed E-state index contributed by atoms with van der Waals surface area (Å²) >= 11 is 0. The number of rotatable bonds is 3. The molecule has 20 heavy (non-hydrogen) atoms. The summed E-state index contributed by atoms with van der Waals surface area (Å²) in [4.78, 5) is 10.9. The molecule has 3 heterocycles. The van der Waals surface area contributed by atoms with Crippen molar-refractivity contribution in [1.82, 2.24) is 15.1 Å². The van der Waals surface area contributed by atoms with Gasteiger partial charge in [-0.05, 0) is 31.9 Å². The molecule has 0 unspecified atom stereocenters. The zero-order valence-corrected chi connectivity index (χ0v) is 11.7. The first-order valence-electron chi connectivity index (χ1n) is 6.81. The highest BCUT2D eigenvalue weighted by atomic mass is 16.5. The summed E-state index contributed by atoms with van der Waals surface area (Å²) in [5.74, 6) is 2.10. The summed E-state index contributed by atoms with van der Waals surface area (Å²) in [6.07, 6.45) is 4.32. The molecule has 1 atom stereocenters. The van der Waals surface area contributed by atoms with Crippen molar-refractivity contribution >= 4 is 5.82 Å². The van der Waals surface area contributed by atoms with E-state index in [9.17, 15) is 0 Å². The van der Waals surface area contributed by atoms with E-state index in [0.717, 1.165) is 37.3 Å². The lowest BCUT2D eigenvalue weighted by molar-refractivity contribution is 0.0891. The maximum Gasteiger partial charge on any atom is 0.259 e. The SMILES string of the molecule is CO[C@@H]1CCCN(c2ccc(-c3nc(C)no3)cn2)C1. The number of aromatic nitrogens is 3. The second-order valence-corrected chi connectivity index (χ2v) is 5.00. The lowest BCUT2D eigenvalue weighted by Gasteiger charge is -2.32. The standard InChI is InChI=1S/C14H18N4O2/c1-10-16-14(20-17-10)11-5-6-13(15-8-11)18-7-3-4-12(9-18)19-2/h5-6,8,12H,3-4,7,9H2,1-2H3/t12-/m1/s1. The minimum Gasteiger partial charge on any atom is -0.380 e. The molecule has 0 N–H and O–H groups in total. The summed E-state index contributed by atoms with van der Waals surface area (Å²) in [6.45, 7) is 3.71. The van der Waals surface area contributed by atoms with Gasteiger partial charge < -0.3 is 14.2 Å². The van der Waals surface area contributed by atoms with Crippen molar-refractivity contribution < 1.29 is 9.26 Å². The topological polar surface area (TPSA) is 64.3 Å². The Kier molecular flexibility index (Phi) is 3.64. The first kappa shape index (κ1) is 13.1. The van der Waals surface area contributed by atoms with Crippen molar-refractivity contribution in [3.8, 4) is 11.5 Å². The molecule has 6 nitrogen and oxygen atoms in total. The smallest absolute Gasteiger partial charge is 0.259 e. The average molecular weight is 274 g/mol. The van der Waals surface area contributed by atoms with E-state index in [1.165, 1.54) is 0 Å². The summed E-state index contributed by atoms with van der Waals surface area (Å²) in [6, 6.07) is 3.96. The van der Waals surface area contributed by atoms with Gasteiger partial charge in [0, 0.05) is 26.4 Å². The van der Waals surface area contributed by atoms with Gasteiger partial charge in [0.2, 0.25) is 0 Å². The van der Waals surface area contributed by atoms with Gasteiger partial charge >= 0.3 is 0 Å². The van der Waals surface area contributed by atoms with Crippen LogP contribution < -0.4 is 4.90 Å². The van der Waals surface area contributed by atoms with Gasteiger partial charge in [0.25, 0.3) is 5.89 Å². The van der Waals surface area contributed by atoms with Crippen LogP contribution in [0.3, 0.4) is 0 Å². The fourth-order valence-corrected chi connectivity index (χ4v) is 2.45. The Morgan fingerprint density at radius 2 is 2.30 bits per heavy atom. The Bertz CT molecular complexity index is 567. The van der Waals surface area contributed by atoms with E-state index < -0.39 is 0 Å². The van der Waals surface area contributed by atoms with E-state index in [2.05, 4.69) is 20.0 Å². The zero-order chi connectivity index (χ0) is 13.9. The first-order chi connectivity index (χ1) is 9.76. The number of pyridine rings is 1. The number of nitrogens with zero attached hydrogens (tertiary/aromatic N) is 4. The number of ether oxygens (including phenoxy) is 1. The predicted molar refractivity (Wildman–Crippen MR) is 74.5 cm³/mol. The van der Waals surface area contributed by atoms with Crippen molar-refractivity contribution in [1.29, 1.82) is 0 Å². The van der Waals surface area contributed by atoms with Gasteiger partial charge in [-0.2, -0.15) is 4.98 Å². The van der Waals surface area contributed by atoms with Crippen molar-refractivity contribution in [2.75, 3.05) is 25.1 Å². The van der Waals surface area contributed by atoms with Crippen LogP contribution in [0.25, 0.3) is 11.5 Å². The molecule has 6 heteroatoms. The molecule has 1 aliphatic heterocycles. The van der Waals surface area contributed by atoms with Crippen molar-refractivity contribution in [2.45, 2.75) is 25.9 Å². The third-order valence-electron chi connectivity index (χ3n) is 3.56. The van der Waals surface area contributed by atoms with E-state index in [-0.39, 0.29) is 0 Å². The van der Waals surface area contributed by atoms with Crippen LogP contribution in [-0.2, 0) is 4.74 Å². The molecule has 0 aliphatic carbocycles. The van der Waals surface area contributed by atoms with Crippen molar-refractivity contribution in [2.24, 2.45) is 0 Å². The first-order valence-corrected chi connectivity index (χ1v) is 6.81. The Morgan fingerprint density at radius 1 is 1.40 bits per heavy atom. The summed E-state index contributed by atoms with van der Waals surface area (Å²) in [7, 11) is 1.77. The Balaban J connectivity index is 1.75. The van der Waals surface area contributed by atoms with Crippen LogP contribution in [0.2, 0.25) is 0 Å². The van der Waals surface area contributed by atoms with E-state index in [1.54, 1.807) is 20.2 Å². The van der Waals surface area contributed by atoms with Crippen LogP contribution in [0.4, 0.5) is 5.82 Å². The fraction of sp³-hybridized carbons (Fsp3) is 0.500. The molecule has 2 aromatic heterocycles. The fourth-order valence-electron chi connectivity index (χ4n) is 2.45. The number of hydrogen-bond donors (Lipinski definition) is 0. The molecule has 1 aliphatic rings. The molecule has 0 saturated carbocycles. The average Bonchev–Trinajstić information content (AvgIpc) is 2.94. The molecule has 0 spiro atoms. The third-order valence-corrected chi connectivity index (χ3v) is 3.56. The largest absolute Gasteiger partial charge is 0.380 e. The number of anilines is 1. The normalized spacial score (nSPS) is 19.3. The third kappa shape index (κ3) is 2.65. The van der Waals surface area contributed by atoms with Gasteiger partial charge in [-0.15, -0.1) is 0 Å². The van der Waals surface area contributed by atoms with Crippen molar-refractivity contribution in [3.63, 3.8) is 0 Å². The molecule has 0 amide bonds. The minimum atomic E-state index is 0.295. The van der Waals surface area contributed by atoms with Crippen molar-refractivity contribution in [3.05, 3.63) is 24.2 Å². The monoisotopic (exact) mass is 274 g/mol. The van der Waals surface area contributed by atoms with E-state index in [1.807, 2.05) is 12.1 Å². The summed E-state index contributed by atoms with van der Waals surface area (Å²) in [5.41, 5.74) is 0.842. The van der Waals surface area contributed by atoms with Gasteiger partial charge in [-0.25, -0.2) is 4.98 Å². The van der Waals surface area contributed by atoms with E-state index >= 15 is 0 Å². The van der Waals surface area contributed by atoms with Gasteiger partial charge in [0.15, 0.2) is 5.82 Å². The zero-order valence-electron chi connectivity index (χ0n) is 11.7. The molecule has 2 aromatic rings. The molecule has 1 saturated heterocycles. The second kappa shape index (κ2) is 5.58. The number of methoxy groups -OCH3 is 1. The van der Waals surface area contributed by atoms with Crippen LogP contribution in [0.15, 0.2) is 22.9 Å². The molecule has 0 aromatic carbocycles. The predicted octanol–water partition coefficient (Wildman–Crippen LogP) is 2.06. The maximum absolute atomic E-state index is 5.44. The lowest BCUT2D eigenvalue weighted by Crippen LogP contribution is -2.39. The van der Waals surface area contributed by atoms with Crippen LogP contribution in [0, 0.1) is 6.92 Å². The highest BCUT2D eigenvalue weighted by Crippen LogP contribution is 2.22. The Labute approximate surface area is 117 Å². The van der Waals surface area contributed by atoms with Crippen LogP contribution in [-0.4, -0.2) is 41.4 Å². The van der Waals surface area contributed by atoms with Gasteiger partial charge in [0.1, 0.15) is 5.82 Å². The second-order valence-electron chi connectivity index (χ2n) is 5.00. The molecule has 3 rings (SSSR count). The molecule has 0 bridgehead atoms. The maximum atomic E-state index is 5.44. The summed E-state index contributed by atoms with van der Waals surface area (Å²) in [5, 5.41) is 3.79. The molecule has 1 fully saturated rings. The molecular weight excluding hydrogens is 256 g/mol. The molecule has 0 radical (unpaired) electrons. The summed E-state index contributed by atoms with van der Waals surface area (Å²) < 4.78 is 10.6. The highest BCUT2D eigenvalue weighted by Gasteiger charge is 2.20. The number of aryl methyl sites for hydroxylation is 1. The lowest BCUT2D eigenvalue weighted by atomic mass is 10.1. The highest BCUT2D eigenvalue weighted by molar-refractivity contribution is 5.54. The quantitative estimate of drug-likeness (QED) is 0.853. The Morgan fingerprint density at radius 3 is 2.95 bits per heavy atom. The van der Waals surface area contributed by atoms with Gasteiger partial charge in [-0.1, -0.05) is 5.16 Å².